The lowest BCUT2D eigenvalue weighted by molar-refractivity contribution is -0.384. The van der Waals surface area contributed by atoms with E-state index in [9.17, 15) is 10.1 Å². The van der Waals surface area contributed by atoms with Crippen molar-refractivity contribution in [2.75, 3.05) is 11.9 Å². The van der Waals surface area contributed by atoms with Crippen molar-refractivity contribution < 1.29 is 9.66 Å². The molecule has 7 heteroatoms. The van der Waals surface area contributed by atoms with Crippen LogP contribution in [0.5, 0.6) is 5.75 Å². The van der Waals surface area contributed by atoms with E-state index in [-0.39, 0.29) is 11.7 Å². The van der Waals surface area contributed by atoms with Gasteiger partial charge in [0.15, 0.2) is 0 Å². The number of non-ortho nitro benzene ring substituents is 1. The highest BCUT2D eigenvalue weighted by Gasteiger charge is 2.13. The predicted molar refractivity (Wildman–Crippen MR) is 74.9 cm³/mol. The molecule has 1 atom stereocenters. The van der Waals surface area contributed by atoms with Crippen LogP contribution in [0.25, 0.3) is 0 Å². The van der Waals surface area contributed by atoms with Gasteiger partial charge in [-0.1, -0.05) is 0 Å². The zero-order valence-corrected chi connectivity index (χ0v) is 11.3. The van der Waals surface area contributed by atoms with Gasteiger partial charge in [-0.2, -0.15) is 0 Å². The van der Waals surface area contributed by atoms with E-state index in [1.165, 1.54) is 12.1 Å². The average Bonchev–Trinajstić information content (AvgIpc) is 2.92. The van der Waals surface area contributed by atoms with E-state index < -0.39 is 4.92 Å². The first-order valence-corrected chi connectivity index (χ1v) is 6.28. The first-order valence-electron chi connectivity index (χ1n) is 6.28. The van der Waals surface area contributed by atoms with Crippen molar-refractivity contribution in [1.29, 1.82) is 0 Å². The number of nitrogens with one attached hydrogen (secondary N) is 2. The maximum Gasteiger partial charge on any atom is 0.275 e. The number of nitrogens with zero attached hydrogens (tertiary/aromatic N) is 2. The van der Waals surface area contributed by atoms with Gasteiger partial charge in [-0.3, -0.25) is 10.1 Å². The molecule has 7 nitrogen and oxygen atoms in total. The van der Waals surface area contributed by atoms with Gasteiger partial charge in [0, 0.05) is 30.2 Å². The Morgan fingerprint density at radius 1 is 1.50 bits per heavy atom. The van der Waals surface area contributed by atoms with Crippen molar-refractivity contribution >= 4 is 11.4 Å². The van der Waals surface area contributed by atoms with Crippen LogP contribution in [0.2, 0.25) is 0 Å². The highest BCUT2D eigenvalue weighted by Crippen LogP contribution is 2.28. The third kappa shape index (κ3) is 3.25. The van der Waals surface area contributed by atoms with Crippen molar-refractivity contribution in [2.45, 2.75) is 19.9 Å². The molecule has 106 valence electrons. The maximum absolute atomic E-state index is 10.9. The number of anilines is 1. The van der Waals surface area contributed by atoms with Gasteiger partial charge in [0.25, 0.3) is 5.69 Å². The Labute approximate surface area is 116 Å². The molecule has 2 aromatic rings. The highest BCUT2D eigenvalue weighted by atomic mass is 16.6. The van der Waals surface area contributed by atoms with E-state index >= 15 is 0 Å². The van der Waals surface area contributed by atoms with Gasteiger partial charge in [-0.05, 0) is 13.8 Å². The Morgan fingerprint density at radius 2 is 2.30 bits per heavy atom. The Balaban J connectivity index is 2.23. The van der Waals surface area contributed by atoms with Crippen LogP contribution in [0.15, 0.2) is 30.6 Å². The first-order chi connectivity index (χ1) is 9.60. The smallest absolute Gasteiger partial charge is 0.275 e. The van der Waals surface area contributed by atoms with Crippen LogP contribution >= 0.6 is 0 Å². The summed E-state index contributed by atoms with van der Waals surface area (Å²) in [5.41, 5.74) is 0.608. The maximum atomic E-state index is 10.9. The number of hydrogen-bond acceptors (Lipinski definition) is 5. The van der Waals surface area contributed by atoms with Gasteiger partial charge < -0.3 is 15.0 Å². The summed E-state index contributed by atoms with van der Waals surface area (Å²) in [6.45, 7) is 4.20. The van der Waals surface area contributed by atoms with Crippen LogP contribution in [0.1, 0.15) is 25.7 Å². The number of ether oxygens (including phenoxy) is 1. The fourth-order valence-corrected chi connectivity index (χ4v) is 1.85. The predicted octanol–water partition coefficient (Wildman–Crippen LogP) is 2.89. The molecule has 0 fully saturated rings. The first kappa shape index (κ1) is 13.9. The Morgan fingerprint density at radius 3 is 2.90 bits per heavy atom. The van der Waals surface area contributed by atoms with Gasteiger partial charge in [0.1, 0.15) is 11.6 Å². The van der Waals surface area contributed by atoms with Gasteiger partial charge in [-0.25, -0.2) is 4.98 Å². The second-order valence-electron chi connectivity index (χ2n) is 4.25. The Hall–Kier alpha value is -2.57. The van der Waals surface area contributed by atoms with Crippen molar-refractivity contribution in [1.82, 2.24) is 9.97 Å². The molecular weight excluding hydrogens is 260 g/mol. The number of H-pyrrole nitrogens is 1. The summed E-state index contributed by atoms with van der Waals surface area (Å²) in [4.78, 5) is 17.6. The molecule has 20 heavy (non-hydrogen) atoms. The standard InChI is InChI=1S/C13H16N4O3/c1-3-20-12-7-10(6-11(8-12)17(18)19)16-9(2)13-14-4-5-15-13/h4-9,16H,3H2,1-2H3,(H,14,15). The SMILES string of the molecule is CCOc1cc(NC(C)c2ncc[nH]2)cc([N+](=O)[O-])c1. The molecule has 0 aliphatic carbocycles. The fraction of sp³-hybridized carbons (Fsp3) is 0.308. The third-order valence-corrected chi connectivity index (χ3v) is 2.73. The monoisotopic (exact) mass is 276 g/mol. The molecular formula is C13H16N4O3. The van der Waals surface area contributed by atoms with Crippen molar-refractivity contribution in [3.8, 4) is 5.75 Å². The lowest BCUT2D eigenvalue weighted by Crippen LogP contribution is -2.08. The van der Waals surface area contributed by atoms with Crippen molar-refractivity contribution in [2.24, 2.45) is 0 Å². The molecule has 0 spiro atoms. The van der Waals surface area contributed by atoms with E-state index in [0.717, 1.165) is 5.82 Å². The van der Waals surface area contributed by atoms with Crippen LogP contribution in [0.3, 0.4) is 0 Å². The minimum absolute atomic E-state index is 0.00917. The van der Waals surface area contributed by atoms with Gasteiger partial charge in [0.2, 0.25) is 0 Å². The van der Waals surface area contributed by atoms with E-state index in [0.29, 0.717) is 18.0 Å². The van der Waals surface area contributed by atoms with Crippen LogP contribution in [-0.2, 0) is 0 Å². The molecule has 0 aliphatic heterocycles. The van der Waals surface area contributed by atoms with Gasteiger partial charge in [-0.15, -0.1) is 0 Å². The molecule has 0 bridgehead atoms. The van der Waals surface area contributed by atoms with Crippen LogP contribution in [-0.4, -0.2) is 21.5 Å². The zero-order valence-electron chi connectivity index (χ0n) is 11.3. The summed E-state index contributed by atoms with van der Waals surface area (Å²) in [6.07, 6.45) is 3.39. The Kier molecular flexibility index (Phi) is 4.19. The number of aromatic nitrogens is 2. The number of imidazole rings is 1. The number of nitro groups is 1. The van der Waals surface area contributed by atoms with Gasteiger partial charge in [0.05, 0.1) is 23.6 Å². The molecule has 2 N–H and O–H groups in total. The minimum atomic E-state index is -0.439. The fourth-order valence-electron chi connectivity index (χ4n) is 1.85. The lowest BCUT2D eigenvalue weighted by atomic mass is 10.2. The number of benzene rings is 1. The number of nitro benzene ring substituents is 1. The molecule has 0 amide bonds. The number of hydrogen-bond donors (Lipinski definition) is 2. The summed E-state index contributed by atoms with van der Waals surface area (Å²) < 4.78 is 5.34. The third-order valence-electron chi connectivity index (χ3n) is 2.73. The number of aromatic amines is 1. The van der Waals surface area contributed by atoms with Crippen LogP contribution in [0, 0.1) is 10.1 Å². The zero-order chi connectivity index (χ0) is 14.5. The second kappa shape index (κ2) is 6.05. The van der Waals surface area contributed by atoms with Crippen LogP contribution in [0.4, 0.5) is 11.4 Å². The molecule has 1 heterocycles. The molecule has 0 saturated carbocycles. The number of rotatable bonds is 6. The molecule has 2 rings (SSSR count). The van der Waals surface area contributed by atoms with Crippen LogP contribution < -0.4 is 10.1 Å². The molecule has 1 aromatic carbocycles. The van der Waals surface area contributed by atoms with E-state index in [1.54, 1.807) is 18.5 Å². The van der Waals surface area contributed by atoms with E-state index in [1.807, 2.05) is 13.8 Å². The second-order valence-corrected chi connectivity index (χ2v) is 4.25. The Bertz CT molecular complexity index is 583. The average molecular weight is 276 g/mol. The highest BCUT2D eigenvalue weighted by molar-refractivity contribution is 5.57. The minimum Gasteiger partial charge on any atom is -0.494 e. The molecule has 1 aromatic heterocycles. The van der Waals surface area contributed by atoms with Crippen molar-refractivity contribution in [3.63, 3.8) is 0 Å². The van der Waals surface area contributed by atoms with E-state index in [4.69, 9.17) is 4.74 Å². The summed E-state index contributed by atoms with van der Waals surface area (Å²) in [5, 5.41) is 14.1. The molecule has 0 aliphatic rings. The summed E-state index contributed by atoms with van der Waals surface area (Å²) >= 11 is 0. The summed E-state index contributed by atoms with van der Waals surface area (Å²) in [5.74, 6) is 1.23. The van der Waals surface area contributed by atoms with E-state index in [2.05, 4.69) is 15.3 Å². The summed E-state index contributed by atoms with van der Waals surface area (Å²) in [7, 11) is 0. The molecule has 0 radical (unpaired) electrons. The normalized spacial score (nSPS) is 11.9. The topological polar surface area (TPSA) is 93.1 Å². The lowest BCUT2D eigenvalue weighted by Gasteiger charge is -2.14. The molecule has 0 saturated heterocycles. The van der Waals surface area contributed by atoms with Crippen molar-refractivity contribution in [3.05, 3.63) is 46.5 Å². The quantitative estimate of drug-likeness (QED) is 0.625. The molecule has 1 unspecified atom stereocenters. The van der Waals surface area contributed by atoms with Gasteiger partial charge >= 0.3 is 0 Å². The summed E-state index contributed by atoms with van der Waals surface area (Å²) in [6, 6.07) is 4.52. The largest absolute Gasteiger partial charge is 0.494 e.